The minimum Gasteiger partial charge on any atom is -0.493 e. The lowest BCUT2D eigenvalue weighted by molar-refractivity contribution is -0.118. The average Bonchev–Trinajstić information content (AvgIpc) is 3.14. The van der Waals surface area contributed by atoms with Gasteiger partial charge in [-0.15, -0.1) is 10.2 Å². The van der Waals surface area contributed by atoms with Crippen LogP contribution in [0.4, 0.5) is 0 Å². The third-order valence-electron chi connectivity index (χ3n) is 4.38. The summed E-state index contributed by atoms with van der Waals surface area (Å²) in [6.45, 7) is 0.649. The van der Waals surface area contributed by atoms with Crippen LogP contribution in [-0.4, -0.2) is 40.6 Å². The number of carbonyl (C=O) groups is 1. The van der Waals surface area contributed by atoms with E-state index in [0.717, 1.165) is 5.56 Å². The molecule has 2 aromatic carbocycles. The van der Waals surface area contributed by atoms with Gasteiger partial charge >= 0.3 is 0 Å². The zero-order valence-electron chi connectivity index (χ0n) is 17.4. The van der Waals surface area contributed by atoms with Crippen molar-refractivity contribution in [1.82, 2.24) is 20.1 Å². The summed E-state index contributed by atoms with van der Waals surface area (Å²) in [6, 6.07) is 12.6. The Kier molecular flexibility index (Phi) is 8.02. The van der Waals surface area contributed by atoms with Crippen molar-refractivity contribution >= 4 is 29.3 Å². The molecule has 1 amide bonds. The smallest absolute Gasteiger partial charge is 0.230 e. The monoisotopic (exact) mass is 462 g/mol. The molecule has 0 spiro atoms. The average molecular weight is 463 g/mol. The number of nitrogens with one attached hydrogen (secondary N) is 1. The van der Waals surface area contributed by atoms with Crippen molar-refractivity contribution < 1.29 is 19.0 Å². The van der Waals surface area contributed by atoms with E-state index in [1.54, 1.807) is 38.5 Å². The Morgan fingerprint density at radius 2 is 1.84 bits per heavy atom. The van der Waals surface area contributed by atoms with Crippen LogP contribution in [0.5, 0.6) is 17.2 Å². The molecule has 0 saturated heterocycles. The van der Waals surface area contributed by atoms with Crippen molar-refractivity contribution in [3.63, 3.8) is 0 Å². The van der Waals surface area contributed by atoms with E-state index in [9.17, 15) is 4.79 Å². The highest BCUT2D eigenvalue weighted by Gasteiger charge is 2.12. The molecule has 0 aliphatic heterocycles. The van der Waals surface area contributed by atoms with Crippen LogP contribution in [0.25, 0.3) is 0 Å². The van der Waals surface area contributed by atoms with Crippen LogP contribution < -0.4 is 19.5 Å². The van der Waals surface area contributed by atoms with E-state index in [2.05, 4.69) is 15.5 Å². The van der Waals surface area contributed by atoms with E-state index in [4.69, 9.17) is 25.8 Å². The van der Waals surface area contributed by atoms with Gasteiger partial charge in [-0.05, 0) is 42.0 Å². The van der Waals surface area contributed by atoms with Crippen LogP contribution in [-0.2, 0) is 25.0 Å². The van der Waals surface area contributed by atoms with Crippen molar-refractivity contribution in [2.75, 3.05) is 20.0 Å². The highest BCUT2D eigenvalue weighted by molar-refractivity contribution is 7.99. The van der Waals surface area contributed by atoms with Gasteiger partial charge in [0.1, 0.15) is 12.4 Å². The number of hydrogen-bond acceptors (Lipinski definition) is 7. The number of rotatable bonds is 10. The first-order valence-electron chi connectivity index (χ1n) is 9.37. The Morgan fingerprint density at radius 1 is 1.10 bits per heavy atom. The van der Waals surface area contributed by atoms with Crippen molar-refractivity contribution in [3.05, 3.63) is 58.9 Å². The number of benzene rings is 2. The number of halogens is 1. The molecule has 3 rings (SSSR count). The third-order valence-corrected chi connectivity index (χ3v) is 5.65. The first kappa shape index (κ1) is 22.8. The first-order valence-corrected chi connectivity index (χ1v) is 10.7. The number of carbonyl (C=O) groups excluding carboxylic acids is 1. The Morgan fingerprint density at radius 3 is 2.55 bits per heavy atom. The molecule has 0 unspecified atom stereocenters. The van der Waals surface area contributed by atoms with Crippen LogP contribution in [0.1, 0.15) is 11.4 Å². The molecule has 0 atom stereocenters. The quantitative estimate of drug-likeness (QED) is 0.461. The van der Waals surface area contributed by atoms with E-state index in [0.29, 0.717) is 39.8 Å². The SMILES string of the molecule is COc1ccc(CNC(=O)CSc2nnc(COc3ccc(Cl)cc3)n2C)cc1OC. The zero-order chi connectivity index (χ0) is 22.2. The lowest BCUT2D eigenvalue weighted by atomic mass is 10.2. The van der Waals surface area contributed by atoms with Crippen LogP contribution in [0.15, 0.2) is 47.6 Å². The molecular weight excluding hydrogens is 440 g/mol. The maximum absolute atomic E-state index is 12.2. The first-order chi connectivity index (χ1) is 15.0. The van der Waals surface area contributed by atoms with Crippen molar-refractivity contribution in [2.45, 2.75) is 18.3 Å². The predicted octanol–water partition coefficient (Wildman–Crippen LogP) is 3.47. The summed E-state index contributed by atoms with van der Waals surface area (Å²) in [5, 5.41) is 12.4. The number of thioether (sulfide) groups is 1. The zero-order valence-corrected chi connectivity index (χ0v) is 19.0. The van der Waals surface area contributed by atoms with Gasteiger partial charge in [0.05, 0.1) is 20.0 Å². The molecule has 10 heteroatoms. The highest BCUT2D eigenvalue weighted by Crippen LogP contribution is 2.27. The summed E-state index contributed by atoms with van der Waals surface area (Å²) >= 11 is 7.18. The van der Waals surface area contributed by atoms with Gasteiger partial charge in [0.2, 0.25) is 5.91 Å². The lowest BCUT2D eigenvalue weighted by Gasteiger charge is -2.10. The number of methoxy groups -OCH3 is 2. The van der Waals surface area contributed by atoms with E-state index < -0.39 is 0 Å². The summed E-state index contributed by atoms with van der Waals surface area (Å²) in [7, 11) is 5.00. The minimum absolute atomic E-state index is 0.109. The van der Waals surface area contributed by atoms with Gasteiger partial charge in [-0.1, -0.05) is 29.4 Å². The van der Waals surface area contributed by atoms with Crippen LogP contribution in [0.3, 0.4) is 0 Å². The fourth-order valence-corrected chi connectivity index (χ4v) is 3.53. The van der Waals surface area contributed by atoms with E-state index in [1.807, 2.05) is 29.8 Å². The summed E-state index contributed by atoms with van der Waals surface area (Å²) in [5.74, 6) is 2.72. The molecule has 1 heterocycles. The summed E-state index contributed by atoms with van der Waals surface area (Å²) < 4.78 is 18.0. The molecule has 0 aliphatic rings. The number of nitrogens with zero attached hydrogens (tertiary/aromatic N) is 3. The maximum atomic E-state index is 12.2. The third kappa shape index (κ3) is 6.28. The Balaban J connectivity index is 1.47. The van der Waals surface area contributed by atoms with E-state index in [1.165, 1.54) is 11.8 Å². The van der Waals surface area contributed by atoms with Gasteiger partial charge in [-0.3, -0.25) is 4.79 Å². The van der Waals surface area contributed by atoms with Crippen molar-refractivity contribution in [1.29, 1.82) is 0 Å². The molecule has 0 radical (unpaired) electrons. The van der Waals surface area contributed by atoms with Gasteiger partial charge in [0.25, 0.3) is 0 Å². The predicted molar refractivity (Wildman–Crippen MR) is 119 cm³/mol. The summed E-state index contributed by atoms with van der Waals surface area (Å²) in [6.07, 6.45) is 0. The van der Waals surface area contributed by atoms with E-state index in [-0.39, 0.29) is 18.3 Å². The molecule has 8 nitrogen and oxygen atoms in total. The molecule has 0 aliphatic carbocycles. The molecular formula is C21H23ClN4O4S. The second kappa shape index (κ2) is 10.9. The largest absolute Gasteiger partial charge is 0.493 e. The Bertz CT molecular complexity index is 1030. The number of amides is 1. The molecule has 0 saturated carbocycles. The van der Waals surface area contributed by atoms with Crippen molar-refractivity contribution in [3.8, 4) is 17.2 Å². The van der Waals surface area contributed by atoms with Crippen LogP contribution in [0, 0.1) is 0 Å². The molecule has 1 aromatic heterocycles. The van der Waals surface area contributed by atoms with Gasteiger partial charge in [-0.2, -0.15) is 0 Å². The fourth-order valence-electron chi connectivity index (χ4n) is 2.65. The maximum Gasteiger partial charge on any atom is 0.230 e. The normalized spacial score (nSPS) is 10.6. The molecule has 164 valence electrons. The molecule has 3 aromatic rings. The molecule has 31 heavy (non-hydrogen) atoms. The topological polar surface area (TPSA) is 87.5 Å². The lowest BCUT2D eigenvalue weighted by Crippen LogP contribution is -2.24. The Hall–Kier alpha value is -2.91. The number of hydrogen-bond donors (Lipinski definition) is 1. The highest BCUT2D eigenvalue weighted by atomic mass is 35.5. The second-order valence-corrected chi connectivity index (χ2v) is 7.83. The summed E-state index contributed by atoms with van der Waals surface area (Å²) in [4.78, 5) is 12.2. The van der Waals surface area contributed by atoms with Crippen LogP contribution >= 0.6 is 23.4 Å². The van der Waals surface area contributed by atoms with Crippen molar-refractivity contribution in [2.24, 2.45) is 7.05 Å². The van der Waals surface area contributed by atoms with Gasteiger partial charge in [0.15, 0.2) is 22.5 Å². The minimum atomic E-state index is -0.109. The van der Waals surface area contributed by atoms with Crippen LogP contribution in [0.2, 0.25) is 5.02 Å². The van der Waals surface area contributed by atoms with Gasteiger partial charge in [-0.25, -0.2) is 0 Å². The van der Waals surface area contributed by atoms with Gasteiger partial charge < -0.3 is 24.1 Å². The standard InChI is InChI=1S/C21H23ClN4O4S/c1-26-19(12-30-16-7-5-15(22)6-8-16)24-25-21(26)31-13-20(27)23-11-14-4-9-17(28-2)18(10-14)29-3/h4-10H,11-13H2,1-3H3,(H,23,27). The molecule has 1 N–H and O–H groups in total. The Labute approximate surface area is 189 Å². The molecule has 0 bridgehead atoms. The van der Waals surface area contributed by atoms with E-state index >= 15 is 0 Å². The number of ether oxygens (including phenoxy) is 3. The van der Waals surface area contributed by atoms with Gasteiger partial charge in [0, 0.05) is 18.6 Å². The summed E-state index contributed by atoms with van der Waals surface area (Å²) in [5.41, 5.74) is 0.913. The second-order valence-electron chi connectivity index (χ2n) is 6.46. The fraction of sp³-hybridized carbons (Fsp3) is 0.286. The molecule has 0 fully saturated rings. The number of aromatic nitrogens is 3.